The molecule has 3 nitrogen and oxygen atoms in total. The minimum absolute atomic E-state index is 0.0906. The van der Waals surface area contributed by atoms with Crippen molar-refractivity contribution in [2.45, 2.75) is 38.5 Å². The van der Waals surface area contributed by atoms with Gasteiger partial charge in [-0.25, -0.2) is 4.39 Å². The van der Waals surface area contributed by atoms with E-state index in [4.69, 9.17) is 0 Å². The number of thioether (sulfide) groups is 1. The van der Waals surface area contributed by atoms with E-state index in [9.17, 15) is 9.18 Å². The Hall–Kier alpha value is -1.07. The molecular weight excluding hydrogens is 275 g/mol. The molecule has 1 heterocycles. The molecule has 0 bridgehead atoms. The van der Waals surface area contributed by atoms with E-state index in [0.717, 1.165) is 17.7 Å². The molecule has 0 saturated carbocycles. The van der Waals surface area contributed by atoms with Crippen molar-refractivity contribution in [3.63, 3.8) is 0 Å². The first-order valence-corrected chi connectivity index (χ1v) is 8.26. The molecule has 110 valence electrons. The molecule has 0 radical (unpaired) electrons. The second-order valence-electron chi connectivity index (χ2n) is 5.22. The lowest BCUT2D eigenvalue weighted by Gasteiger charge is -2.30. The van der Waals surface area contributed by atoms with Crippen molar-refractivity contribution in [1.29, 1.82) is 0 Å². The van der Waals surface area contributed by atoms with Gasteiger partial charge in [0.05, 0.1) is 6.04 Å². The second-order valence-corrected chi connectivity index (χ2v) is 6.21. The first-order chi connectivity index (χ1) is 9.54. The average Bonchev–Trinajstić information content (AvgIpc) is 2.72. The monoisotopic (exact) mass is 296 g/mol. The number of carbonyl (C=O) groups is 1. The molecule has 2 rings (SSSR count). The zero-order chi connectivity index (χ0) is 14.7. The van der Waals surface area contributed by atoms with Gasteiger partial charge >= 0.3 is 0 Å². The van der Waals surface area contributed by atoms with Gasteiger partial charge in [0.25, 0.3) is 0 Å². The zero-order valence-electron chi connectivity index (χ0n) is 12.1. The van der Waals surface area contributed by atoms with Crippen LogP contribution in [0.5, 0.6) is 0 Å². The predicted molar refractivity (Wildman–Crippen MR) is 81.0 cm³/mol. The van der Waals surface area contributed by atoms with Crippen LogP contribution in [-0.2, 0) is 4.79 Å². The normalized spacial score (nSPS) is 24.2. The Morgan fingerprint density at radius 2 is 2.25 bits per heavy atom. The highest BCUT2D eigenvalue weighted by molar-refractivity contribution is 7.98. The van der Waals surface area contributed by atoms with Crippen LogP contribution in [0.2, 0.25) is 0 Å². The molecule has 1 N–H and O–H groups in total. The van der Waals surface area contributed by atoms with Crippen LogP contribution in [0.25, 0.3) is 0 Å². The largest absolute Gasteiger partial charge is 0.319 e. The Bertz CT molecular complexity index is 483. The van der Waals surface area contributed by atoms with Gasteiger partial charge in [0.1, 0.15) is 12.0 Å². The molecule has 0 spiro atoms. The smallest absolute Gasteiger partial charge is 0.241 e. The van der Waals surface area contributed by atoms with Gasteiger partial charge in [-0.1, -0.05) is 12.1 Å². The summed E-state index contributed by atoms with van der Waals surface area (Å²) in [7, 11) is 0. The summed E-state index contributed by atoms with van der Waals surface area (Å²) in [5.74, 6) is 0.829. The third-order valence-corrected chi connectivity index (χ3v) is 4.33. The van der Waals surface area contributed by atoms with E-state index in [-0.39, 0.29) is 30.0 Å². The molecule has 1 amide bonds. The molecule has 1 aromatic rings. The fraction of sp³-hybridized carbons (Fsp3) is 0.533. The summed E-state index contributed by atoms with van der Waals surface area (Å²) in [6.45, 7) is 3.91. The van der Waals surface area contributed by atoms with E-state index in [2.05, 4.69) is 18.5 Å². The highest BCUT2D eigenvalue weighted by Gasteiger charge is 2.39. The Balaban J connectivity index is 2.23. The van der Waals surface area contributed by atoms with Crippen molar-refractivity contribution in [3.8, 4) is 0 Å². The molecule has 1 fully saturated rings. The molecule has 3 unspecified atom stereocenters. The lowest BCUT2D eigenvalue weighted by Crippen LogP contribution is -2.38. The third kappa shape index (κ3) is 3.15. The standard InChI is InChI=1S/C15H21FN2OS/c1-10(7-8-20-3)18-14(17-11(2)15(18)19)12-5-4-6-13(16)9-12/h4-6,9-11,14,17H,7-8H2,1-3H3. The van der Waals surface area contributed by atoms with Crippen LogP contribution in [0, 0.1) is 5.82 Å². The zero-order valence-corrected chi connectivity index (χ0v) is 12.9. The summed E-state index contributed by atoms with van der Waals surface area (Å²) in [6, 6.07) is 6.38. The molecule has 1 saturated heterocycles. The van der Waals surface area contributed by atoms with Crippen molar-refractivity contribution < 1.29 is 9.18 Å². The number of rotatable bonds is 5. The molecule has 1 aliphatic heterocycles. The maximum Gasteiger partial charge on any atom is 0.241 e. The van der Waals surface area contributed by atoms with Gasteiger partial charge in [-0.3, -0.25) is 10.1 Å². The van der Waals surface area contributed by atoms with Crippen molar-refractivity contribution in [2.24, 2.45) is 0 Å². The molecule has 1 aliphatic rings. The lowest BCUT2D eigenvalue weighted by molar-refractivity contribution is -0.131. The average molecular weight is 296 g/mol. The molecule has 0 aromatic heterocycles. The van der Waals surface area contributed by atoms with E-state index < -0.39 is 0 Å². The number of hydrogen-bond acceptors (Lipinski definition) is 3. The van der Waals surface area contributed by atoms with Gasteiger partial charge in [-0.2, -0.15) is 11.8 Å². The summed E-state index contributed by atoms with van der Waals surface area (Å²) >= 11 is 1.77. The van der Waals surface area contributed by atoms with Crippen LogP contribution in [0.4, 0.5) is 4.39 Å². The summed E-state index contributed by atoms with van der Waals surface area (Å²) in [6.07, 6.45) is 2.77. The number of benzene rings is 1. The van der Waals surface area contributed by atoms with Crippen LogP contribution in [0.3, 0.4) is 0 Å². The summed E-state index contributed by atoms with van der Waals surface area (Å²) in [5.41, 5.74) is 0.804. The van der Waals surface area contributed by atoms with E-state index in [1.54, 1.807) is 17.8 Å². The van der Waals surface area contributed by atoms with Gasteiger partial charge in [0.15, 0.2) is 0 Å². The highest BCUT2D eigenvalue weighted by atomic mass is 32.2. The molecule has 1 aromatic carbocycles. The Morgan fingerprint density at radius 3 is 2.90 bits per heavy atom. The molecule has 0 aliphatic carbocycles. The van der Waals surface area contributed by atoms with Crippen LogP contribution >= 0.6 is 11.8 Å². The van der Waals surface area contributed by atoms with Crippen molar-refractivity contribution >= 4 is 17.7 Å². The van der Waals surface area contributed by atoms with E-state index in [0.29, 0.717) is 0 Å². The topological polar surface area (TPSA) is 32.3 Å². The van der Waals surface area contributed by atoms with Crippen molar-refractivity contribution in [1.82, 2.24) is 10.2 Å². The number of carbonyl (C=O) groups excluding carboxylic acids is 1. The highest BCUT2D eigenvalue weighted by Crippen LogP contribution is 2.29. The van der Waals surface area contributed by atoms with Gasteiger partial charge in [0.2, 0.25) is 5.91 Å². The molecule has 20 heavy (non-hydrogen) atoms. The number of nitrogens with one attached hydrogen (secondary N) is 1. The van der Waals surface area contributed by atoms with Crippen LogP contribution in [0.1, 0.15) is 32.0 Å². The van der Waals surface area contributed by atoms with Crippen molar-refractivity contribution in [2.75, 3.05) is 12.0 Å². The Labute approximate surface area is 123 Å². The maximum absolute atomic E-state index is 13.4. The second kappa shape index (κ2) is 6.59. The number of halogens is 1. The quantitative estimate of drug-likeness (QED) is 0.907. The van der Waals surface area contributed by atoms with E-state index in [1.807, 2.05) is 17.9 Å². The summed E-state index contributed by atoms with van der Waals surface area (Å²) in [5, 5.41) is 3.26. The molecular formula is C15H21FN2OS. The third-order valence-electron chi connectivity index (χ3n) is 3.69. The maximum atomic E-state index is 13.4. The first-order valence-electron chi connectivity index (χ1n) is 6.87. The number of amides is 1. The minimum Gasteiger partial charge on any atom is -0.319 e. The predicted octanol–water partition coefficient (Wildman–Crippen LogP) is 2.79. The van der Waals surface area contributed by atoms with E-state index in [1.165, 1.54) is 12.1 Å². The number of nitrogens with zero attached hydrogens (tertiary/aromatic N) is 1. The lowest BCUT2D eigenvalue weighted by atomic mass is 10.1. The molecule has 5 heteroatoms. The van der Waals surface area contributed by atoms with E-state index >= 15 is 0 Å². The fourth-order valence-electron chi connectivity index (χ4n) is 2.57. The van der Waals surface area contributed by atoms with Gasteiger partial charge < -0.3 is 4.90 Å². The van der Waals surface area contributed by atoms with Crippen LogP contribution < -0.4 is 5.32 Å². The van der Waals surface area contributed by atoms with Gasteiger partial charge in [-0.15, -0.1) is 0 Å². The fourth-order valence-corrected chi connectivity index (χ4v) is 3.15. The van der Waals surface area contributed by atoms with Crippen LogP contribution in [0.15, 0.2) is 24.3 Å². The molecule has 3 atom stereocenters. The summed E-state index contributed by atoms with van der Waals surface area (Å²) in [4.78, 5) is 14.2. The Morgan fingerprint density at radius 1 is 1.50 bits per heavy atom. The summed E-state index contributed by atoms with van der Waals surface area (Å²) < 4.78 is 13.4. The first kappa shape index (κ1) is 15.3. The van der Waals surface area contributed by atoms with Gasteiger partial charge in [0, 0.05) is 6.04 Å². The van der Waals surface area contributed by atoms with Crippen molar-refractivity contribution in [3.05, 3.63) is 35.6 Å². The number of hydrogen-bond donors (Lipinski definition) is 1. The SMILES string of the molecule is CSCCC(C)N1C(=O)C(C)NC1c1cccc(F)c1. The minimum atomic E-state index is -0.270. The van der Waals surface area contributed by atoms with Crippen LogP contribution in [-0.4, -0.2) is 34.9 Å². The Kier molecular flexibility index (Phi) is 5.05. The van der Waals surface area contributed by atoms with Gasteiger partial charge in [-0.05, 0) is 50.0 Å².